The Labute approximate surface area is 141 Å². The van der Waals surface area contributed by atoms with Crippen LogP contribution in [0.25, 0.3) is 11.0 Å². The van der Waals surface area contributed by atoms with E-state index < -0.39 is 0 Å². The summed E-state index contributed by atoms with van der Waals surface area (Å²) in [6, 6.07) is 2.21. The van der Waals surface area contributed by atoms with E-state index in [1.165, 1.54) is 0 Å². The van der Waals surface area contributed by atoms with Crippen LogP contribution in [0.1, 0.15) is 61.6 Å². The number of morpholine rings is 1. The van der Waals surface area contributed by atoms with Gasteiger partial charge in [-0.15, -0.1) is 0 Å². The van der Waals surface area contributed by atoms with E-state index in [1.807, 2.05) is 22.6 Å². The molecule has 0 N–H and O–H groups in total. The highest BCUT2D eigenvalue weighted by atomic mass is 16.5. The minimum absolute atomic E-state index is 0.0720. The van der Waals surface area contributed by atoms with Crippen molar-refractivity contribution >= 4 is 16.9 Å². The Bertz CT molecular complexity index is 779. The largest absolute Gasteiger partial charge is 0.375 e. The van der Waals surface area contributed by atoms with Crippen LogP contribution in [-0.4, -0.2) is 51.4 Å². The molecule has 2 aliphatic rings. The highest BCUT2D eigenvalue weighted by Gasteiger charge is 2.30. The van der Waals surface area contributed by atoms with Crippen molar-refractivity contribution in [2.24, 2.45) is 0 Å². The van der Waals surface area contributed by atoms with Crippen molar-refractivity contribution in [1.82, 2.24) is 19.7 Å². The Morgan fingerprint density at radius 1 is 1.38 bits per heavy atom. The summed E-state index contributed by atoms with van der Waals surface area (Å²) in [5.74, 6) is 0.572. The van der Waals surface area contributed by atoms with Crippen molar-refractivity contribution in [3.63, 3.8) is 0 Å². The number of amides is 1. The number of carbonyl (C=O) groups excluding carboxylic acids is 1. The van der Waals surface area contributed by atoms with E-state index in [2.05, 4.69) is 18.9 Å². The van der Waals surface area contributed by atoms with E-state index in [4.69, 9.17) is 9.72 Å². The van der Waals surface area contributed by atoms with Gasteiger partial charge in [0.05, 0.1) is 29.9 Å². The maximum absolute atomic E-state index is 13.1. The first-order chi connectivity index (χ1) is 11.5. The fraction of sp³-hybridized carbons (Fsp3) is 0.611. The molecule has 24 heavy (non-hydrogen) atoms. The topological polar surface area (TPSA) is 60.2 Å². The SMILES string of the molecule is CC1CN(C(=O)c2cc(C3CC3)nc3c2cnn3C(C)C)CCO1. The van der Waals surface area contributed by atoms with Gasteiger partial charge in [-0.3, -0.25) is 4.79 Å². The lowest BCUT2D eigenvalue weighted by molar-refractivity contribution is -0.0123. The number of fused-ring (bicyclic) bond motifs is 1. The Morgan fingerprint density at radius 3 is 2.83 bits per heavy atom. The molecule has 128 valence electrons. The Hall–Kier alpha value is -1.95. The number of carbonyl (C=O) groups is 1. The van der Waals surface area contributed by atoms with Gasteiger partial charge in [-0.2, -0.15) is 5.10 Å². The molecule has 6 nitrogen and oxygen atoms in total. The van der Waals surface area contributed by atoms with Gasteiger partial charge in [0, 0.05) is 30.7 Å². The fourth-order valence-corrected chi connectivity index (χ4v) is 3.35. The Kier molecular flexibility index (Phi) is 3.79. The standard InChI is InChI=1S/C18H24N4O2/c1-11(2)22-17-15(9-19-22)14(8-16(20-17)13-4-5-13)18(23)21-6-7-24-12(3)10-21/h8-9,11-13H,4-7,10H2,1-3H3. The molecule has 0 aromatic carbocycles. The number of hydrogen-bond donors (Lipinski definition) is 0. The van der Waals surface area contributed by atoms with Crippen molar-refractivity contribution in [1.29, 1.82) is 0 Å². The average Bonchev–Trinajstić information content (AvgIpc) is 3.32. The molecule has 1 unspecified atom stereocenters. The van der Waals surface area contributed by atoms with Crippen molar-refractivity contribution in [2.75, 3.05) is 19.7 Å². The summed E-state index contributed by atoms with van der Waals surface area (Å²) in [7, 11) is 0. The van der Waals surface area contributed by atoms with Crippen LogP contribution in [0.4, 0.5) is 0 Å². The van der Waals surface area contributed by atoms with Crippen LogP contribution >= 0.6 is 0 Å². The van der Waals surface area contributed by atoms with Gasteiger partial charge in [-0.05, 0) is 39.7 Å². The third-order valence-corrected chi connectivity index (χ3v) is 4.83. The molecule has 6 heteroatoms. The Morgan fingerprint density at radius 2 is 2.17 bits per heavy atom. The smallest absolute Gasteiger partial charge is 0.254 e. The quantitative estimate of drug-likeness (QED) is 0.869. The summed E-state index contributed by atoms with van der Waals surface area (Å²) in [5.41, 5.74) is 2.61. The van der Waals surface area contributed by atoms with E-state index in [0.29, 0.717) is 25.6 Å². The summed E-state index contributed by atoms with van der Waals surface area (Å²) in [5, 5.41) is 5.34. The van der Waals surface area contributed by atoms with Gasteiger partial charge in [0.2, 0.25) is 0 Å². The van der Waals surface area contributed by atoms with Gasteiger partial charge >= 0.3 is 0 Å². The normalized spacial score (nSPS) is 21.7. The molecule has 1 amide bonds. The van der Waals surface area contributed by atoms with Crippen LogP contribution in [0, 0.1) is 0 Å². The molecular weight excluding hydrogens is 304 g/mol. The minimum Gasteiger partial charge on any atom is -0.375 e. The van der Waals surface area contributed by atoms with Crippen LogP contribution in [0.15, 0.2) is 12.3 Å². The highest BCUT2D eigenvalue weighted by Crippen LogP contribution is 2.40. The van der Waals surface area contributed by atoms with Crippen molar-refractivity contribution in [3.8, 4) is 0 Å². The fourth-order valence-electron chi connectivity index (χ4n) is 3.35. The lowest BCUT2D eigenvalue weighted by Gasteiger charge is -2.31. The van der Waals surface area contributed by atoms with Gasteiger partial charge < -0.3 is 9.64 Å². The molecule has 0 radical (unpaired) electrons. The molecule has 2 aromatic rings. The van der Waals surface area contributed by atoms with Crippen LogP contribution in [-0.2, 0) is 4.74 Å². The summed E-state index contributed by atoms with van der Waals surface area (Å²) in [6.45, 7) is 8.06. The maximum Gasteiger partial charge on any atom is 0.254 e. The summed E-state index contributed by atoms with van der Waals surface area (Å²) < 4.78 is 7.48. The van der Waals surface area contributed by atoms with E-state index in [1.54, 1.807) is 6.20 Å². The van der Waals surface area contributed by atoms with Crippen molar-refractivity contribution in [2.45, 2.75) is 51.7 Å². The third-order valence-electron chi connectivity index (χ3n) is 4.83. The van der Waals surface area contributed by atoms with Gasteiger partial charge in [0.25, 0.3) is 5.91 Å². The molecule has 0 spiro atoms. The summed E-state index contributed by atoms with van der Waals surface area (Å²) in [6.07, 6.45) is 4.20. The molecule has 0 bridgehead atoms. The van der Waals surface area contributed by atoms with Crippen molar-refractivity contribution in [3.05, 3.63) is 23.5 Å². The number of rotatable bonds is 3. The van der Waals surface area contributed by atoms with Crippen LogP contribution in [0.3, 0.4) is 0 Å². The number of hydrogen-bond acceptors (Lipinski definition) is 4. The molecule has 1 aliphatic heterocycles. The zero-order chi connectivity index (χ0) is 16.8. The third kappa shape index (κ3) is 2.69. The van der Waals surface area contributed by atoms with E-state index in [-0.39, 0.29) is 18.1 Å². The minimum atomic E-state index is 0.0720. The van der Waals surface area contributed by atoms with E-state index in [0.717, 1.165) is 35.1 Å². The molecule has 1 atom stereocenters. The predicted octanol–water partition coefficient (Wildman–Crippen LogP) is 2.75. The second kappa shape index (κ2) is 5.84. The van der Waals surface area contributed by atoms with E-state index in [9.17, 15) is 4.79 Å². The molecule has 3 heterocycles. The first-order valence-corrected chi connectivity index (χ1v) is 8.83. The molecule has 2 fully saturated rings. The molecule has 2 aromatic heterocycles. The van der Waals surface area contributed by atoms with Crippen LogP contribution < -0.4 is 0 Å². The molecule has 4 rings (SSSR count). The van der Waals surface area contributed by atoms with Crippen molar-refractivity contribution < 1.29 is 9.53 Å². The molecule has 1 saturated carbocycles. The number of aromatic nitrogens is 3. The lowest BCUT2D eigenvalue weighted by atomic mass is 10.1. The van der Waals surface area contributed by atoms with Gasteiger partial charge in [-0.25, -0.2) is 9.67 Å². The number of pyridine rings is 1. The number of nitrogens with zero attached hydrogens (tertiary/aromatic N) is 4. The Balaban J connectivity index is 1.79. The summed E-state index contributed by atoms with van der Waals surface area (Å²) >= 11 is 0. The second-order valence-corrected chi connectivity index (χ2v) is 7.22. The average molecular weight is 328 g/mol. The second-order valence-electron chi connectivity index (χ2n) is 7.22. The molecule has 1 aliphatic carbocycles. The number of ether oxygens (including phenoxy) is 1. The zero-order valence-corrected chi connectivity index (χ0v) is 14.5. The molecule has 1 saturated heterocycles. The first kappa shape index (κ1) is 15.6. The van der Waals surface area contributed by atoms with Crippen LogP contribution in [0.2, 0.25) is 0 Å². The highest BCUT2D eigenvalue weighted by molar-refractivity contribution is 6.05. The van der Waals surface area contributed by atoms with Crippen LogP contribution in [0.5, 0.6) is 0 Å². The monoisotopic (exact) mass is 328 g/mol. The van der Waals surface area contributed by atoms with Gasteiger partial charge in [0.1, 0.15) is 0 Å². The van der Waals surface area contributed by atoms with Gasteiger partial charge in [0.15, 0.2) is 5.65 Å². The lowest BCUT2D eigenvalue weighted by Crippen LogP contribution is -2.44. The molecular formula is C18H24N4O2. The summed E-state index contributed by atoms with van der Waals surface area (Å²) in [4.78, 5) is 19.9. The van der Waals surface area contributed by atoms with E-state index >= 15 is 0 Å². The first-order valence-electron chi connectivity index (χ1n) is 8.83. The predicted molar refractivity (Wildman–Crippen MR) is 91.2 cm³/mol. The maximum atomic E-state index is 13.1. The zero-order valence-electron chi connectivity index (χ0n) is 14.5. The van der Waals surface area contributed by atoms with Gasteiger partial charge in [-0.1, -0.05) is 0 Å².